The molecule has 0 radical (unpaired) electrons. The van der Waals surface area contributed by atoms with Gasteiger partial charge in [-0.3, -0.25) is 0 Å². The first-order valence-electron chi connectivity index (χ1n) is 3.93. The van der Waals surface area contributed by atoms with E-state index in [1.165, 1.54) is 6.42 Å². The normalized spacial score (nSPS) is 14.1. The van der Waals surface area contributed by atoms with Crippen LogP contribution in [0.1, 0.15) is 26.7 Å². The van der Waals surface area contributed by atoms with Gasteiger partial charge in [0.2, 0.25) is 0 Å². The smallest absolute Gasteiger partial charge is 0.0693 e. The van der Waals surface area contributed by atoms with Gasteiger partial charge in [-0.25, -0.2) is 0 Å². The summed E-state index contributed by atoms with van der Waals surface area (Å²) in [5, 5.41) is 0. The zero-order chi connectivity index (χ0) is 7.98. The summed E-state index contributed by atoms with van der Waals surface area (Å²) in [6.07, 6.45) is 2.56. The Bertz CT molecular complexity index is 69.7. The third-order valence-corrected chi connectivity index (χ3v) is 1.66. The Labute approximate surface area is 63.7 Å². The van der Waals surface area contributed by atoms with Crippen LogP contribution in [0.25, 0.3) is 0 Å². The van der Waals surface area contributed by atoms with Gasteiger partial charge in [-0.2, -0.15) is 0 Å². The fourth-order valence-corrected chi connectivity index (χ4v) is 0.851. The molecule has 0 aromatic heterocycles. The molecular formula is C8H19NO. The number of hydrogen-bond donors (Lipinski definition) is 1. The summed E-state index contributed by atoms with van der Waals surface area (Å²) in [5.74, 6) is 0.754. The average molecular weight is 145 g/mol. The minimum Gasteiger partial charge on any atom is -0.380 e. The van der Waals surface area contributed by atoms with Gasteiger partial charge in [-0.1, -0.05) is 13.8 Å². The lowest BCUT2D eigenvalue weighted by molar-refractivity contribution is 0.0971. The number of methoxy groups -OCH3 is 1. The molecule has 2 nitrogen and oxygen atoms in total. The van der Waals surface area contributed by atoms with E-state index < -0.39 is 0 Å². The average Bonchev–Trinajstić information content (AvgIpc) is 1.90. The van der Waals surface area contributed by atoms with Gasteiger partial charge < -0.3 is 10.5 Å². The van der Waals surface area contributed by atoms with Gasteiger partial charge in [0.05, 0.1) is 6.10 Å². The molecule has 1 unspecified atom stereocenters. The summed E-state index contributed by atoms with van der Waals surface area (Å²) >= 11 is 0. The van der Waals surface area contributed by atoms with Crippen LogP contribution in [0.5, 0.6) is 0 Å². The van der Waals surface area contributed by atoms with E-state index >= 15 is 0 Å². The molecule has 2 N–H and O–H groups in total. The zero-order valence-corrected chi connectivity index (χ0v) is 7.26. The van der Waals surface area contributed by atoms with Gasteiger partial charge in [-0.15, -0.1) is 0 Å². The summed E-state index contributed by atoms with van der Waals surface area (Å²) in [4.78, 5) is 0. The van der Waals surface area contributed by atoms with Crippen LogP contribution in [0.4, 0.5) is 0 Å². The maximum absolute atomic E-state index is 5.44. The topological polar surface area (TPSA) is 35.2 Å². The minimum atomic E-state index is 0.266. The molecule has 0 saturated heterocycles. The molecule has 0 saturated carbocycles. The van der Waals surface area contributed by atoms with Crippen LogP contribution in [0, 0.1) is 5.92 Å². The molecule has 62 valence electrons. The van der Waals surface area contributed by atoms with Crippen molar-refractivity contribution in [2.45, 2.75) is 32.8 Å². The van der Waals surface area contributed by atoms with Crippen LogP contribution in [-0.4, -0.2) is 19.8 Å². The molecule has 0 aliphatic carbocycles. The molecule has 0 bridgehead atoms. The highest BCUT2D eigenvalue weighted by Gasteiger charge is 2.04. The molecule has 0 spiro atoms. The number of ether oxygens (including phenoxy) is 1. The lowest BCUT2D eigenvalue weighted by Crippen LogP contribution is -2.22. The standard InChI is InChI=1S/C8H19NO/c1-7(2)4-5-8(6-9)10-3/h7-8H,4-6,9H2,1-3H3. The van der Waals surface area contributed by atoms with Crippen LogP contribution >= 0.6 is 0 Å². The van der Waals surface area contributed by atoms with Crippen LogP contribution in [0.3, 0.4) is 0 Å². The van der Waals surface area contributed by atoms with Crippen molar-refractivity contribution in [3.63, 3.8) is 0 Å². The fraction of sp³-hybridized carbons (Fsp3) is 1.00. The predicted molar refractivity (Wildman–Crippen MR) is 43.9 cm³/mol. The molecular weight excluding hydrogens is 126 g/mol. The SMILES string of the molecule is COC(CN)CCC(C)C. The second-order valence-corrected chi connectivity index (χ2v) is 3.06. The van der Waals surface area contributed by atoms with Gasteiger partial charge in [-0.05, 0) is 18.8 Å². The summed E-state index contributed by atoms with van der Waals surface area (Å²) in [5.41, 5.74) is 5.44. The van der Waals surface area contributed by atoms with Crippen LogP contribution in [-0.2, 0) is 4.74 Å². The highest BCUT2D eigenvalue weighted by Crippen LogP contribution is 2.07. The summed E-state index contributed by atoms with van der Waals surface area (Å²) in [7, 11) is 1.72. The van der Waals surface area contributed by atoms with Gasteiger partial charge in [0.25, 0.3) is 0 Å². The maximum atomic E-state index is 5.44. The van der Waals surface area contributed by atoms with E-state index in [1.54, 1.807) is 7.11 Å². The van der Waals surface area contributed by atoms with E-state index in [9.17, 15) is 0 Å². The van der Waals surface area contributed by atoms with Crippen molar-refractivity contribution in [3.05, 3.63) is 0 Å². The number of nitrogens with two attached hydrogens (primary N) is 1. The van der Waals surface area contributed by atoms with E-state index in [0.717, 1.165) is 12.3 Å². The van der Waals surface area contributed by atoms with Crippen molar-refractivity contribution in [2.75, 3.05) is 13.7 Å². The number of rotatable bonds is 5. The molecule has 10 heavy (non-hydrogen) atoms. The molecule has 0 heterocycles. The highest BCUT2D eigenvalue weighted by atomic mass is 16.5. The molecule has 0 fully saturated rings. The van der Waals surface area contributed by atoms with Crippen molar-refractivity contribution in [3.8, 4) is 0 Å². The quantitative estimate of drug-likeness (QED) is 0.634. The predicted octanol–water partition coefficient (Wildman–Crippen LogP) is 1.40. The zero-order valence-electron chi connectivity index (χ0n) is 7.26. The lowest BCUT2D eigenvalue weighted by Gasteiger charge is -2.13. The Balaban J connectivity index is 3.26. The lowest BCUT2D eigenvalue weighted by atomic mass is 10.1. The Morgan fingerprint density at radius 1 is 1.30 bits per heavy atom. The first kappa shape index (κ1) is 9.92. The van der Waals surface area contributed by atoms with Gasteiger partial charge >= 0.3 is 0 Å². The van der Waals surface area contributed by atoms with E-state index in [0.29, 0.717) is 6.54 Å². The molecule has 0 amide bonds. The van der Waals surface area contributed by atoms with E-state index in [2.05, 4.69) is 13.8 Å². The van der Waals surface area contributed by atoms with E-state index in [-0.39, 0.29) is 6.10 Å². The van der Waals surface area contributed by atoms with Crippen molar-refractivity contribution in [2.24, 2.45) is 11.7 Å². The number of hydrogen-bond acceptors (Lipinski definition) is 2. The van der Waals surface area contributed by atoms with Crippen LogP contribution in [0.2, 0.25) is 0 Å². The van der Waals surface area contributed by atoms with Crippen molar-refractivity contribution in [1.82, 2.24) is 0 Å². The second-order valence-electron chi connectivity index (χ2n) is 3.06. The van der Waals surface area contributed by atoms with Crippen molar-refractivity contribution < 1.29 is 4.74 Å². The minimum absolute atomic E-state index is 0.266. The Morgan fingerprint density at radius 2 is 1.90 bits per heavy atom. The monoisotopic (exact) mass is 145 g/mol. The Morgan fingerprint density at radius 3 is 2.20 bits per heavy atom. The summed E-state index contributed by atoms with van der Waals surface area (Å²) < 4.78 is 5.12. The van der Waals surface area contributed by atoms with Gasteiger partial charge in [0.15, 0.2) is 0 Å². The molecule has 0 aliphatic rings. The third kappa shape index (κ3) is 4.77. The molecule has 2 heteroatoms. The third-order valence-electron chi connectivity index (χ3n) is 1.66. The Kier molecular flexibility index (Phi) is 5.64. The molecule has 0 aromatic rings. The molecule has 0 aliphatic heterocycles. The molecule has 1 atom stereocenters. The Hall–Kier alpha value is -0.0800. The first-order chi connectivity index (χ1) is 4.70. The van der Waals surface area contributed by atoms with Crippen molar-refractivity contribution >= 4 is 0 Å². The molecule has 0 rings (SSSR count). The fourth-order valence-electron chi connectivity index (χ4n) is 0.851. The van der Waals surface area contributed by atoms with Crippen LogP contribution < -0.4 is 5.73 Å². The van der Waals surface area contributed by atoms with Gasteiger partial charge in [0.1, 0.15) is 0 Å². The highest BCUT2D eigenvalue weighted by molar-refractivity contribution is 4.58. The van der Waals surface area contributed by atoms with Crippen molar-refractivity contribution in [1.29, 1.82) is 0 Å². The van der Waals surface area contributed by atoms with Crippen LogP contribution in [0.15, 0.2) is 0 Å². The largest absolute Gasteiger partial charge is 0.380 e. The second kappa shape index (κ2) is 5.69. The summed E-state index contributed by atoms with van der Waals surface area (Å²) in [6, 6.07) is 0. The molecule has 0 aromatic carbocycles. The van der Waals surface area contributed by atoms with Gasteiger partial charge in [0, 0.05) is 13.7 Å². The maximum Gasteiger partial charge on any atom is 0.0693 e. The van der Waals surface area contributed by atoms with E-state index in [1.807, 2.05) is 0 Å². The first-order valence-corrected chi connectivity index (χ1v) is 3.93. The van der Waals surface area contributed by atoms with E-state index in [4.69, 9.17) is 10.5 Å². The summed E-state index contributed by atoms with van der Waals surface area (Å²) in [6.45, 7) is 5.07.